The summed E-state index contributed by atoms with van der Waals surface area (Å²) in [4.78, 5) is 2.46. The molecule has 0 saturated carbocycles. The molecule has 6 heteroatoms. The van der Waals surface area contributed by atoms with Crippen LogP contribution < -0.4 is 5.73 Å². The molecule has 1 aliphatic heterocycles. The summed E-state index contributed by atoms with van der Waals surface area (Å²) in [7, 11) is 0. The highest BCUT2D eigenvalue weighted by atomic mass is 35.5. The molecule has 2 heterocycles. The Morgan fingerprint density at radius 3 is 2.61 bits per heavy atom. The molecule has 2 aromatic rings. The number of hydrogen-bond acceptors (Lipinski definition) is 4. The Kier molecular flexibility index (Phi) is 5.45. The van der Waals surface area contributed by atoms with Crippen molar-refractivity contribution in [2.75, 3.05) is 13.1 Å². The summed E-state index contributed by atoms with van der Waals surface area (Å²) >= 11 is 0. The van der Waals surface area contributed by atoms with Gasteiger partial charge in [0.05, 0.1) is 23.6 Å². The van der Waals surface area contributed by atoms with E-state index in [2.05, 4.69) is 36.0 Å². The topological polar surface area (TPSA) is 60.0 Å². The molecule has 1 aromatic heterocycles. The standard InChI is InChI=1S/C17H25N5.ClH/c1-13(21-10-9-16(18)17(2,3)12-21)15-11-22(20-19-15)14-7-5-4-6-8-14;/h4-8,11,13,16H,9-10,12,18H2,1-3H3;1H. The Balaban J connectivity index is 0.00000192. The monoisotopic (exact) mass is 335 g/mol. The molecule has 2 atom stereocenters. The summed E-state index contributed by atoms with van der Waals surface area (Å²) < 4.78 is 1.84. The van der Waals surface area contributed by atoms with Crippen LogP contribution in [0.3, 0.4) is 0 Å². The van der Waals surface area contributed by atoms with Gasteiger partial charge in [0.15, 0.2) is 0 Å². The van der Waals surface area contributed by atoms with Gasteiger partial charge in [-0.1, -0.05) is 37.3 Å². The molecule has 2 unspecified atom stereocenters. The number of halogens is 1. The minimum atomic E-state index is 0. The molecule has 5 nitrogen and oxygen atoms in total. The van der Waals surface area contributed by atoms with E-state index in [1.54, 1.807) is 0 Å². The van der Waals surface area contributed by atoms with Crippen LogP contribution in [-0.4, -0.2) is 39.0 Å². The number of likely N-dealkylation sites (tertiary alicyclic amines) is 1. The third-order valence-electron chi connectivity index (χ3n) is 4.85. The maximum absolute atomic E-state index is 6.23. The van der Waals surface area contributed by atoms with E-state index >= 15 is 0 Å². The lowest BCUT2D eigenvalue weighted by molar-refractivity contribution is 0.0650. The van der Waals surface area contributed by atoms with Crippen LogP contribution >= 0.6 is 12.4 Å². The van der Waals surface area contributed by atoms with Crippen molar-refractivity contribution >= 4 is 12.4 Å². The fourth-order valence-electron chi connectivity index (χ4n) is 3.11. The number of nitrogens with two attached hydrogens (primary N) is 1. The minimum absolute atomic E-state index is 0. The van der Waals surface area contributed by atoms with Crippen molar-refractivity contribution in [3.8, 4) is 5.69 Å². The molecular weight excluding hydrogens is 310 g/mol. The number of hydrogen-bond donors (Lipinski definition) is 1. The number of piperidine rings is 1. The normalized spacial score (nSPS) is 22.3. The Morgan fingerprint density at radius 2 is 1.96 bits per heavy atom. The summed E-state index contributed by atoms with van der Waals surface area (Å²) in [6.07, 6.45) is 3.06. The SMILES string of the molecule is CC(c1cn(-c2ccccc2)nn1)N1CCC(N)C(C)(C)C1.Cl. The second-order valence-corrected chi connectivity index (χ2v) is 6.95. The fourth-order valence-corrected chi connectivity index (χ4v) is 3.11. The summed E-state index contributed by atoms with van der Waals surface area (Å²) in [6.45, 7) is 8.71. The van der Waals surface area contributed by atoms with Gasteiger partial charge >= 0.3 is 0 Å². The van der Waals surface area contributed by atoms with Gasteiger partial charge in [-0.2, -0.15) is 0 Å². The quantitative estimate of drug-likeness (QED) is 0.937. The van der Waals surface area contributed by atoms with E-state index in [9.17, 15) is 0 Å². The highest BCUT2D eigenvalue weighted by Gasteiger charge is 2.35. The first-order valence-corrected chi connectivity index (χ1v) is 7.95. The number of benzene rings is 1. The van der Waals surface area contributed by atoms with E-state index in [0.717, 1.165) is 30.9 Å². The van der Waals surface area contributed by atoms with E-state index in [4.69, 9.17) is 5.73 Å². The predicted octanol–water partition coefficient (Wildman–Crippen LogP) is 2.81. The van der Waals surface area contributed by atoms with Gasteiger partial charge in [-0.25, -0.2) is 4.68 Å². The van der Waals surface area contributed by atoms with E-state index in [-0.39, 0.29) is 29.9 Å². The molecular formula is C17H26ClN5. The molecule has 0 radical (unpaired) electrons. The molecule has 2 N–H and O–H groups in total. The Bertz CT molecular complexity index is 625. The molecule has 1 fully saturated rings. The van der Waals surface area contributed by atoms with Crippen molar-refractivity contribution in [2.45, 2.75) is 39.3 Å². The lowest BCUT2D eigenvalue weighted by Crippen LogP contribution is -2.52. The van der Waals surface area contributed by atoms with Gasteiger partial charge in [-0.15, -0.1) is 17.5 Å². The average molecular weight is 336 g/mol. The summed E-state index contributed by atoms with van der Waals surface area (Å²) in [5, 5.41) is 8.64. The van der Waals surface area contributed by atoms with Crippen LogP contribution in [0.1, 0.15) is 38.9 Å². The molecule has 1 aliphatic rings. The fraction of sp³-hybridized carbons (Fsp3) is 0.529. The maximum atomic E-state index is 6.23. The number of para-hydroxylation sites is 1. The number of aromatic nitrogens is 3. The third-order valence-corrected chi connectivity index (χ3v) is 4.85. The summed E-state index contributed by atoms with van der Waals surface area (Å²) in [5.41, 5.74) is 8.42. The Hall–Kier alpha value is -1.43. The van der Waals surface area contributed by atoms with Crippen LogP contribution in [0.25, 0.3) is 5.69 Å². The minimum Gasteiger partial charge on any atom is -0.327 e. The third kappa shape index (κ3) is 3.74. The van der Waals surface area contributed by atoms with Gasteiger partial charge < -0.3 is 5.73 Å². The molecule has 0 spiro atoms. The maximum Gasteiger partial charge on any atom is 0.1000 e. The molecule has 1 aromatic carbocycles. The first-order valence-electron chi connectivity index (χ1n) is 7.95. The van der Waals surface area contributed by atoms with Crippen LogP contribution in [0.2, 0.25) is 0 Å². The first-order chi connectivity index (χ1) is 10.5. The zero-order valence-electron chi connectivity index (χ0n) is 14.0. The van der Waals surface area contributed by atoms with E-state index in [1.807, 2.05) is 41.2 Å². The molecule has 126 valence electrons. The lowest BCUT2D eigenvalue weighted by Gasteiger charge is -2.44. The van der Waals surface area contributed by atoms with Gasteiger partial charge in [-0.3, -0.25) is 4.90 Å². The molecule has 0 amide bonds. The van der Waals surface area contributed by atoms with E-state index < -0.39 is 0 Å². The number of rotatable bonds is 3. The van der Waals surface area contributed by atoms with Crippen molar-refractivity contribution in [1.29, 1.82) is 0 Å². The zero-order chi connectivity index (χ0) is 15.7. The van der Waals surface area contributed by atoms with Crippen molar-refractivity contribution in [3.05, 3.63) is 42.2 Å². The lowest BCUT2D eigenvalue weighted by atomic mass is 9.79. The van der Waals surface area contributed by atoms with Crippen LogP contribution in [-0.2, 0) is 0 Å². The highest BCUT2D eigenvalue weighted by molar-refractivity contribution is 5.85. The molecule has 23 heavy (non-hydrogen) atoms. The zero-order valence-corrected chi connectivity index (χ0v) is 14.8. The highest BCUT2D eigenvalue weighted by Crippen LogP contribution is 2.32. The molecule has 0 aliphatic carbocycles. The molecule has 1 saturated heterocycles. The van der Waals surface area contributed by atoms with Gasteiger partial charge in [0, 0.05) is 19.1 Å². The molecule has 3 rings (SSSR count). The van der Waals surface area contributed by atoms with Crippen LogP contribution in [0.4, 0.5) is 0 Å². The van der Waals surface area contributed by atoms with Crippen LogP contribution in [0.15, 0.2) is 36.5 Å². The second-order valence-electron chi connectivity index (χ2n) is 6.95. The molecule has 0 bridgehead atoms. The predicted molar refractivity (Wildman–Crippen MR) is 95.0 cm³/mol. The van der Waals surface area contributed by atoms with Crippen molar-refractivity contribution in [3.63, 3.8) is 0 Å². The van der Waals surface area contributed by atoms with Crippen molar-refractivity contribution in [2.24, 2.45) is 11.1 Å². The average Bonchev–Trinajstić information content (AvgIpc) is 3.00. The van der Waals surface area contributed by atoms with Crippen molar-refractivity contribution in [1.82, 2.24) is 19.9 Å². The van der Waals surface area contributed by atoms with Gasteiger partial charge in [-0.05, 0) is 30.9 Å². The largest absolute Gasteiger partial charge is 0.327 e. The smallest absolute Gasteiger partial charge is 0.1000 e. The van der Waals surface area contributed by atoms with Gasteiger partial charge in [0.25, 0.3) is 0 Å². The van der Waals surface area contributed by atoms with Crippen LogP contribution in [0, 0.1) is 5.41 Å². The summed E-state index contributed by atoms with van der Waals surface area (Å²) in [6, 6.07) is 10.6. The Labute approximate surface area is 144 Å². The van der Waals surface area contributed by atoms with Crippen molar-refractivity contribution < 1.29 is 0 Å². The first kappa shape index (κ1) is 17.9. The van der Waals surface area contributed by atoms with E-state index in [0.29, 0.717) is 0 Å². The second kappa shape index (κ2) is 6.99. The Morgan fingerprint density at radius 1 is 1.26 bits per heavy atom. The van der Waals surface area contributed by atoms with Gasteiger partial charge in [0.1, 0.15) is 0 Å². The number of nitrogens with zero attached hydrogens (tertiary/aromatic N) is 4. The van der Waals surface area contributed by atoms with Crippen LogP contribution in [0.5, 0.6) is 0 Å². The summed E-state index contributed by atoms with van der Waals surface area (Å²) in [5.74, 6) is 0. The van der Waals surface area contributed by atoms with E-state index in [1.165, 1.54) is 0 Å². The van der Waals surface area contributed by atoms with Gasteiger partial charge in [0.2, 0.25) is 0 Å².